The van der Waals surface area contributed by atoms with Gasteiger partial charge < -0.3 is 14.8 Å². The molecule has 3 rings (SSSR count). The predicted octanol–water partition coefficient (Wildman–Crippen LogP) is 3.43. The molecule has 1 N–H and O–H groups in total. The van der Waals surface area contributed by atoms with Crippen LogP contribution >= 0.6 is 11.6 Å². The van der Waals surface area contributed by atoms with Gasteiger partial charge in [0.1, 0.15) is 5.75 Å². The number of hydrogen-bond donors (Lipinski definition) is 1. The van der Waals surface area contributed by atoms with Crippen LogP contribution in [0.4, 0.5) is 0 Å². The molecule has 28 heavy (non-hydrogen) atoms. The van der Waals surface area contributed by atoms with Gasteiger partial charge in [-0.2, -0.15) is 0 Å². The molecule has 2 unspecified atom stereocenters. The maximum absolute atomic E-state index is 12.4. The molecule has 1 amide bonds. The van der Waals surface area contributed by atoms with Crippen LogP contribution in [0.25, 0.3) is 0 Å². The SMILES string of the molecule is Cc1cc(Cl)ccc1OC(C)C(=O)NCC1CN(Cc2ccccc2)CCO1. The Kier molecular flexibility index (Phi) is 7.31. The van der Waals surface area contributed by atoms with Gasteiger partial charge in [0.15, 0.2) is 6.10 Å². The minimum Gasteiger partial charge on any atom is -0.481 e. The highest BCUT2D eigenvalue weighted by atomic mass is 35.5. The Morgan fingerprint density at radius 1 is 1.32 bits per heavy atom. The van der Waals surface area contributed by atoms with Gasteiger partial charge >= 0.3 is 0 Å². The summed E-state index contributed by atoms with van der Waals surface area (Å²) in [4.78, 5) is 14.8. The van der Waals surface area contributed by atoms with Crippen molar-refractivity contribution < 1.29 is 14.3 Å². The van der Waals surface area contributed by atoms with E-state index in [0.717, 1.165) is 25.2 Å². The van der Waals surface area contributed by atoms with E-state index in [-0.39, 0.29) is 12.0 Å². The van der Waals surface area contributed by atoms with E-state index in [4.69, 9.17) is 21.1 Å². The van der Waals surface area contributed by atoms with Crippen molar-refractivity contribution in [3.8, 4) is 5.75 Å². The number of halogens is 1. The molecule has 0 spiro atoms. The van der Waals surface area contributed by atoms with Crippen molar-refractivity contribution >= 4 is 17.5 Å². The Balaban J connectivity index is 1.45. The Morgan fingerprint density at radius 2 is 2.11 bits per heavy atom. The number of aryl methyl sites for hydroxylation is 1. The number of morpholine rings is 1. The molecule has 150 valence electrons. The second kappa shape index (κ2) is 9.92. The average Bonchev–Trinajstić information content (AvgIpc) is 2.69. The Hall–Kier alpha value is -2.08. The van der Waals surface area contributed by atoms with Crippen LogP contribution in [-0.2, 0) is 16.1 Å². The number of carbonyl (C=O) groups is 1. The van der Waals surface area contributed by atoms with Crippen LogP contribution in [0.1, 0.15) is 18.1 Å². The number of amides is 1. The summed E-state index contributed by atoms with van der Waals surface area (Å²) in [6.45, 7) is 7.37. The van der Waals surface area contributed by atoms with Crippen molar-refractivity contribution in [1.82, 2.24) is 10.2 Å². The highest BCUT2D eigenvalue weighted by molar-refractivity contribution is 6.30. The average molecular weight is 403 g/mol. The number of nitrogens with zero attached hydrogens (tertiary/aromatic N) is 1. The summed E-state index contributed by atoms with van der Waals surface area (Å²) in [6.07, 6.45) is -0.616. The molecule has 2 aromatic carbocycles. The fraction of sp³-hybridized carbons (Fsp3) is 0.409. The predicted molar refractivity (Wildman–Crippen MR) is 111 cm³/mol. The van der Waals surface area contributed by atoms with Crippen LogP contribution in [0, 0.1) is 6.92 Å². The van der Waals surface area contributed by atoms with Crippen molar-refractivity contribution in [1.29, 1.82) is 0 Å². The van der Waals surface area contributed by atoms with Crippen molar-refractivity contribution in [2.45, 2.75) is 32.6 Å². The van der Waals surface area contributed by atoms with E-state index in [1.54, 1.807) is 19.1 Å². The van der Waals surface area contributed by atoms with Crippen molar-refractivity contribution in [2.24, 2.45) is 0 Å². The molecule has 0 aliphatic carbocycles. The second-order valence-corrected chi connectivity index (χ2v) is 7.56. The largest absolute Gasteiger partial charge is 0.481 e. The molecule has 1 heterocycles. The highest BCUT2D eigenvalue weighted by Gasteiger charge is 2.23. The third-order valence-corrected chi connectivity index (χ3v) is 5.02. The molecular weight excluding hydrogens is 376 g/mol. The zero-order valence-electron chi connectivity index (χ0n) is 16.4. The van der Waals surface area contributed by atoms with E-state index in [1.165, 1.54) is 5.56 Å². The molecule has 0 saturated carbocycles. The van der Waals surface area contributed by atoms with E-state index in [9.17, 15) is 4.79 Å². The molecule has 1 aliphatic rings. The maximum Gasteiger partial charge on any atom is 0.260 e. The molecule has 1 aliphatic heterocycles. The summed E-state index contributed by atoms with van der Waals surface area (Å²) >= 11 is 5.96. The topological polar surface area (TPSA) is 50.8 Å². The first-order chi connectivity index (χ1) is 13.5. The summed E-state index contributed by atoms with van der Waals surface area (Å²) in [7, 11) is 0. The molecule has 2 atom stereocenters. The number of nitrogens with one attached hydrogen (secondary N) is 1. The number of carbonyl (C=O) groups excluding carboxylic acids is 1. The lowest BCUT2D eigenvalue weighted by molar-refractivity contribution is -0.128. The van der Waals surface area contributed by atoms with E-state index in [2.05, 4.69) is 34.5 Å². The molecule has 1 saturated heterocycles. The third kappa shape index (κ3) is 5.96. The van der Waals surface area contributed by atoms with Crippen LogP contribution in [0.5, 0.6) is 5.75 Å². The minimum absolute atomic E-state index is 0.0223. The summed E-state index contributed by atoms with van der Waals surface area (Å²) < 4.78 is 11.6. The van der Waals surface area contributed by atoms with E-state index >= 15 is 0 Å². The first kappa shape index (κ1) is 20.6. The first-order valence-corrected chi connectivity index (χ1v) is 9.97. The summed E-state index contributed by atoms with van der Waals surface area (Å²) in [5, 5.41) is 3.60. The summed E-state index contributed by atoms with van der Waals surface area (Å²) in [6, 6.07) is 15.7. The lowest BCUT2D eigenvalue weighted by atomic mass is 10.2. The van der Waals surface area contributed by atoms with Crippen molar-refractivity contribution in [3.05, 3.63) is 64.7 Å². The van der Waals surface area contributed by atoms with Gasteiger partial charge in [0.2, 0.25) is 0 Å². The van der Waals surface area contributed by atoms with Gasteiger partial charge in [0, 0.05) is 31.2 Å². The summed E-state index contributed by atoms with van der Waals surface area (Å²) in [5.74, 6) is 0.508. The van der Waals surface area contributed by atoms with Gasteiger partial charge in [-0.15, -0.1) is 0 Å². The van der Waals surface area contributed by atoms with E-state index < -0.39 is 6.10 Å². The van der Waals surface area contributed by atoms with Gasteiger partial charge in [-0.1, -0.05) is 41.9 Å². The van der Waals surface area contributed by atoms with Gasteiger partial charge in [-0.05, 0) is 43.2 Å². The Bertz CT molecular complexity index is 785. The van der Waals surface area contributed by atoms with Crippen LogP contribution in [-0.4, -0.2) is 49.3 Å². The lowest BCUT2D eigenvalue weighted by Gasteiger charge is -2.33. The Morgan fingerprint density at radius 3 is 2.86 bits per heavy atom. The lowest BCUT2D eigenvalue weighted by Crippen LogP contribution is -2.48. The molecule has 2 aromatic rings. The Labute approximate surface area is 171 Å². The van der Waals surface area contributed by atoms with Gasteiger partial charge in [-0.25, -0.2) is 0 Å². The van der Waals surface area contributed by atoms with E-state index in [1.807, 2.05) is 19.1 Å². The monoisotopic (exact) mass is 402 g/mol. The van der Waals surface area contributed by atoms with Crippen molar-refractivity contribution in [3.63, 3.8) is 0 Å². The summed E-state index contributed by atoms with van der Waals surface area (Å²) in [5.41, 5.74) is 2.19. The second-order valence-electron chi connectivity index (χ2n) is 7.13. The minimum atomic E-state index is -0.594. The van der Waals surface area contributed by atoms with Crippen LogP contribution in [0.3, 0.4) is 0 Å². The third-order valence-electron chi connectivity index (χ3n) is 4.79. The number of rotatable bonds is 7. The highest BCUT2D eigenvalue weighted by Crippen LogP contribution is 2.22. The van der Waals surface area contributed by atoms with E-state index in [0.29, 0.717) is 23.9 Å². The molecule has 6 heteroatoms. The quantitative estimate of drug-likeness (QED) is 0.770. The van der Waals surface area contributed by atoms with Gasteiger partial charge in [-0.3, -0.25) is 9.69 Å². The standard InChI is InChI=1S/C22H27ClN2O3/c1-16-12-19(23)8-9-21(16)28-17(2)22(26)24-13-20-15-25(10-11-27-20)14-18-6-4-3-5-7-18/h3-9,12,17,20H,10-11,13-15H2,1-2H3,(H,24,26). The van der Waals surface area contributed by atoms with Gasteiger partial charge in [0.05, 0.1) is 12.7 Å². The first-order valence-electron chi connectivity index (χ1n) is 9.59. The van der Waals surface area contributed by atoms with Gasteiger partial charge in [0.25, 0.3) is 5.91 Å². The van der Waals surface area contributed by atoms with Crippen molar-refractivity contribution in [2.75, 3.05) is 26.2 Å². The molecule has 0 bridgehead atoms. The van der Waals surface area contributed by atoms with Crippen LogP contribution < -0.4 is 10.1 Å². The smallest absolute Gasteiger partial charge is 0.260 e. The molecule has 5 nitrogen and oxygen atoms in total. The fourth-order valence-corrected chi connectivity index (χ4v) is 3.46. The maximum atomic E-state index is 12.4. The molecule has 1 fully saturated rings. The zero-order valence-corrected chi connectivity index (χ0v) is 17.1. The molecular formula is C22H27ClN2O3. The fourth-order valence-electron chi connectivity index (χ4n) is 3.24. The van der Waals surface area contributed by atoms with Crippen LogP contribution in [0.15, 0.2) is 48.5 Å². The number of benzene rings is 2. The normalized spacial score (nSPS) is 18.5. The zero-order chi connectivity index (χ0) is 19.9. The molecule has 0 radical (unpaired) electrons. The number of hydrogen-bond acceptors (Lipinski definition) is 4. The number of ether oxygens (including phenoxy) is 2. The molecule has 0 aromatic heterocycles. The van der Waals surface area contributed by atoms with Crippen LogP contribution in [0.2, 0.25) is 5.02 Å².